The number of anilines is 2. The topological polar surface area (TPSA) is 82.2 Å². The molecule has 1 aliphatic heterocycles. The maximum absolute atomic E-state index is 13.0. The zero-order valence-corrected chi connectivity index (χ0v) is 17.1. The summed E-state index contributed by atoms with van der Waals surface area (Å²) in [6, 6.07) is 25.2. The predicted molar refractivity (Wildman–Crippen MR) is 127 cm³/mol. The van der Waals surface area contributed by atoms with Crippen molar-refractivity contribution in [3.63, 3.8) is 0 Å². The first-order chi connectivity index (χ1) is 15.3. The number of para-hydroxylation sites is 2. The minimum absolute atomic E-state index is 0.141. The summed E-state index contributed by atoms with van der Waals surface area (Å²) >= 11 is 1.57. The van der Waals surface area contributed by atoms with E-state index in [0.29, 0.717) is 11.5 Å². The van der Waals surface area contributed by atoms with Crippen molar-refractivity contribution < 1.29 is 0 Å². The van der Waals surface area contributed by atoms with Crippen molar-refractivity contribution in [1.82, 2.24) is 9.97 Å². The Bertz CT molecular complexity index is 1490. The van der Waals surface area contributed by atoms with Gasteiger partial charge in [-0.15, -0.1) is 0 Å². The third-order valence-electron chi connectivity index (χ3n) is 5.37. The molecular formula is C24H17N5OS. The zero-order valence-electron chi connectivity index (χ0n) is 16.3. The van der Waals surface area contributed by atoms with Crippen LogP contribution in [0.1, 0.15) is 17.2 Å². The highest BCUT2D eigenvalue weighted by molar-refractivity contribution is 7.22. The molecule has 2 aromatic heterocycles. The molecule has 0 bridgehead atoms. The van der Waals surface area contributed by atoms with Crippen LogP contribution in [0.5, 0.6) is 0 Å². The molecule has 0 radical (unpaired) electrons. The van der Waals surface area contributed by atoms with Crippen LogP contribution in [0.3, 0.4) is 0 Å². The molecule has 0 aliphatic carbocycles. The number of aromatic nitrogens is 2. The van der Waals surface area contributed by atoms with Crippen LogP contribution in [-0.4, -0.2) is 15.9 Å². The zero-order chi connectivity index (χ0) is 20.8. The van der Waals surface area contributed by atoms with E-state index >= 15 is 0 Å². The highest BCUT2D eigenvalue weighted by Gasteiger charge is 2.28. The Morgan fingerprint density at radius 2 is 1.68 bits per heavy atom. The summed E-state index contributed by atoms with van der Waals surface area (Å²) in [5.41, 5.74) is 3.92. The van der Waals surface area contributed by atoms with Gasteiger partial charge in [-0.05, 0) is 23.8 Å². The number of H-pyrrole nitrogens is 1. The number of hydrogen-bond acceptors (Lipinski definition) is 6. The molecule has 0 saturated heterocycles. The van der Waals surface area contributed by atoms with Crippen LogP contribution in [0.15, 0.2) is 88.6 Å². The first-order valence-corrected chi connectivity index (χ1v) is 10.8. The van der Waals surface area contributed by atoms with Gasteiger partial charge in [0.15, 0.2) is 5.13 Å². The van der Waals surface area contributed by atoms with Gasteiger partial charge in [-0.3, -0.25) is 4.79 Å². The van der Waals surface area contributed by atoms with Crippen LogP contribution in [0.25, 0.3) is 21.1 Å². The predicted octanol–water partition coefficient (Wildman–Crippen LogP) is 5.12. The lowest BCUT2D eigenvalue weighted by Gasteiger charge is -2.26. The molecule has 5 aromatic rings. The van der Waals surface area contributed by atoms with Gasteiger partial charge < -0.3 is 15.6 Å². The number of nitrogens with zero attached hydrogens (tertiary/aromatic N) is 2. The summed E-state index contributed by atoms with van der Waals surface area (Å²) in [5, 5.41) is 8.38. The molecule has 0 spiro atoms. The van der Waals surface area contributed by atoms with Gasteiger partial charge in [-0.2, -0.15) is 0 Å². The van der Waals surface area contributed by atoms with Crippen LogP contribution in [0, 0.1) is 0 Å². The van der Waals surface area contributed by atoms with Crippen LogP contribution in [0.2, 0.25) is 0 Å². The summed E-state index contributed by atoms with van der Waals surface area (Å²) in [4.78, 5) is 25.6. The third kappa shape index (κ3) is 3.06. The highest BCUT2D eigenvalue weighted by Crippen LogP contribution is 2.36. The summed E-state index contributed by atoms with van der Waals surface area (Å²) < 4.78 is 1.10. The number of aliphatic imine (C=N–C) groups is 1. The largest absolute Gasteiger partial charge is 0.325 e. The Kier molecular flexibility index (Phi) is 4.07. The third-order valence-corrected chi connectivity index (χ3v) is 6.32. The lowest BCUT2D eigenvalue weighted by atomic mass is 9.96. The number of thiazole rings is 1. The Labute approximate surface area is 181 Å². The van der Waals surface area contributed by atoms with Gasteiger partial charge in [0.05, 0.1) is 27.0 Å². The molecule has 1 atom stereocenters. The number of pyridine rings is 1. The van der Waals surface area contributed by atoms with Crippen LogP contribution < -0.4 is 16.2 Å². The van der Waals surface area contributed by atoms with Crippen molar-refractivity contribution in [2.45, 2.75) is 6.04 Å². The van der Waals surface area contributed by atoms with E-state index in [1.54, 1.807) is 11.3 Å². The van der Waals surface area contributed by atoms with Gasteiger partial charge in [0, 0.05) is 5.39 Å². The summed E-state index contributed by atoms with van der Waals surface area (Å²) in [6.07, 6.45) is 0. The molecule has 3 N–H and O–H groups in total. The van der Waals surface area contributed by atoms with Crippen molar-refractivity contribution in [3.05, 3.63) is 100 Å². The first kappa shape index (κ1) is 17.9. The number of guanidine groups is 1. The van der Waals surface area contributed by atoms with Gasteiger partial charge in [0.25, 0.3) is 5.56 Å². The SMILES string of the molecule is O=c1[nH]c2ccccc2c2c1C(c1ccccc1)N=C(Nc1nc3ccccc3s1)N2. The standard InChI is InChI=1S/C24H17N5OS/c30-22-19-20(14-8-2-1-3-9-14)27-23(28-21(19)15-10-4-5-11-16(15)25-22)29-24-26-17-12-6-7-13-18(17)31-24/h1-13,20H,(H,25,30)(H2,26,27,28,29). The van der Waals surface area contributed by atoms with Gasteiger partial charge in [-0.1, -0.05) is 72.0 Å². The van der Waals surface area contributed by atoms with E-state index < -0.39 is 6.04 Å². The fourth-order valence-corrected chi connectivity index (χ4v) is 4.83. The Hall–Kier alpha value is -3.97. The highest BCUT2D eigenvalue weighted by atomic mass is 32.1. The van der Waals surface area contributed by atoms with Crippen molar-refractivity contribution in [2.24, 2.45) is 4.99 Å². The Morgan fingerprint density at radius 3 is 2.55 bits per heavy atom. The molecule has 1 unspecified atom stereocenters. The molecule has 3 heterocycles. The van der Waals surface area contributed by atoms with Gasteiger partial charge >= 0.3 is 0 Å². The summed E-state index contributed by atoms with van der Waals surface area (Å²) in [6.45, 7) is 0. The lowest BCUT2D eigenvalue weighted by Crippen LogP contribution is -2.32. The maximum Gasteiger partial charge on any atom is 0.256 e. The minimum Gasteiger partial charge on any atom is -0.325 e. The van der Waals surface area contributed by atoms with E-state index in [4.69, 9.17) is 4.99 Å². The smallest absolute Gasteiger partial charge is 0.256 e. The summed E-state index contributed by atoms with van der Waals surface area (Å²) in [7, 11) is 0. The molecule has 150 valence electrons. The Morgan fingerprint density at radius 1 is 0.903 bits per heavy atom. The molecule has 0 fully saturated rings. The van der Waals surface area contributed by atoms with Gasteiger partial charge in [0.1, 0.15) is 6.04 Å². The maximum atomic E-state index is 13.0. The first-order valence-electron chi connectivity index (χ1n) is 9.93. The van der Waals surface area contributed by atoms with Crippen molar-refractivity contribution >= 4 is 49.2 Å². The lowest BCUT2D eigenvalue weighted by molar-refractivity contribution is 0.846. The molecule has 6 nitrogen and oxygen atoms in total. The van der Waals surface area contributed by atoms with E-state index in [9.17, 15) is 4.79 Å². The van der Waals surface area contributed by atoms with E-state index in [1.165, 1.54) is 0 Å². The molecule has 1 aliphatic rings. The second-order valence-corrected chi connectivity index (χ2v) is 8.35. The monoisotopic (exact) mass is 423 g/mol. The van der Waals surface area contributed by atoms with Crippen LogP contribution in [-0.2, 0) is 0 Å². The number of nitrogens with one attached hydrogen (secondary N) is 3. The van der Waals surface area contributed by atoms with Gasteiger partial charge in [0.2, 0.25) is 5.96 Å². The fourth-order valence-electron chi connectivity index (χ4n) is 3.97. The number of aromatic amines is 1. The normalized spacial score (nSPS) is 15.4. The quantitative estimate of drug-likeness (QED) is 0.368. The van der Waals surface area contributed by atoms with Gasteiger partial charge in [-0.25, -0.2) is 9.98 Å². The van der Waals surface area contributed by atoms with Crippen molar-refractivity contribution in [3.8, 4) is 0 Å². The van der Waals surface area contributed by atoms with Crippen LogP contribution in [0.4, 0.5) is 10.8 Å². The molecule has 7 heteroatoms. The molecular weight excluding hydrogens is 406 g/mol. The number of hydrogen-bond donors (Lipinski definition) is 3. The fraction of sp³-hybridized carbons (Fsp3) is 0.0417. The van der Waals surface area contributed by atoms with Crippen molar-refractivity contribution in [2.75, 3.05) is 10.6 Å². The number of rotatable bonds is 2. The van der Waals surface area contributed by atoms with E-state index in [0.717, 1.165) is 37.5 Å². The number of fused-ring (bicyclic) bond motifs is 4. The van der Waals surface area contributed by atoms with Crippen LogP contribution >= 0.6 is 11.3 Å². The second kappa shape index (κ2) is 7.07. The number of benzene rings is 3. The molecule has 3 aromatic carbocycles. The van der Waals surface area contributed by atoms with E-state index in [1.807, 2.05) is 78.9 Å². The second-order valence-electron chi connectivity index (χ2n) is 7.32. The average molecular weight is 424 g/mol. The molecule has 6 rings (SSSR count). The van der Waals surface area contributed by atoms with E-state index in [-0.39, 0.29) is 5.56 Å². The minimum atomic E-state index is -0.428. The Balaban J connectivity index is 1.51. The average Bonchev–Trinajstić information content (AvgIpc) is 3.21. The summed E-state index contributed by atoms with van der Waals surface area (Å²) in [5.74, 6) is 0.566. The van der Waals surface area contributed by atoms with Crippen molar-refractivity contribution in [1.29, 1.82) is 0 Å². The van der Waals surface area contributed by atoms with E-state index in [2.05, 4.69) is 20.6 Å². The molecule has 31 heavy (non-hydrogen) atoms. The molecule has 0 saturated carbocycles. The molecule has 0 amide bonds.